The highest BCUT2D eigenvalue weighted by Gasteiger charge is 2.14. The Morgan fingerprint density at radius 1 is 0.964 bits per heavy atom. The number of nitrogens with one attached hydrogen (secondary N) is 2. The normalized spacial score (nSPS) is 10.8. The van der Waals surface area contributed by atoms with Gasteiger partial charge in [-0.15, -0.1) is 0 Å². The van der Waals surface area contributed by atoms with Crippen LogP contribution in [0.1, 0.15) is 5.56 Å². The van der Waals surface area contributed by atoms with E-state index in [9.17, 15) is 0 Å². The molecule has 0 atom stereocenters. The van der Waals surface area contributed by atoms with Crippen LogP contribution in [0.5, 0.6) is 0 Å². The molecule has 4 aromatic rings. The van der Waals surface area contributed by atoms with Crippen molar-refractivity contribution in [1.82, 2.24) is 25.4 Å². The summed E-state index contributed by atoms with van der Waals surface area (Å²) in [6.45, 7) is 0.563. The Kier molecular flexibility index (Phi) is 4.94. The Morgan fingerprint density at radius 3 is 2.68 bits per heavy atom. The van der Waals surface area contributed by atoms with Gasteiger partial charge in [0.2, 0.25) is 0 Å². The van der Waals surface area contributed by atoms with Crippen molar-refractivity contribution in [3.05, 3.63) is 72.7 Å². The molecule has 8 nitrogen and oxygen atoms in total. The predicted molar refractivity (Wildman–Crippen MR) is 111 cm³/mol. The maximum absolute atomic E-state index is 6.09. The molecule has 3 heterocycles. The Hall–Kier alpha value is -3.78. The minimum atomic E-state index is 0.336. The molecule has 4 rings (SSSR count). The van der Waals surface area contributed by atoms with E-state index in [-0.39, 0.29) is 0 Å². The number of nitrogens with zero attached hydrogens (tertiary/aromatic N) is 5. The van der Waals surface area contributed by atoms with Gasteiger partial charge in [0.15, 0.2) is 17.5 Å². The van der Waals surface area contributed by atoms with Gasteiger partial charge in [0.05, 0.1) is 18.3 Å². The topological polar surface area (TPSA) is 105 Å². The van der Waals surface area contributed by atoms with Gasteiger partial charge in [-0.3, -0.25) is 9.99 Å². The number of benzene rings is 1. The number of nitrogens with two attached hydrogens (primary N) is 1. The number of rotatable bonds is 6. The van der Waals surface area contributed by atoms with Crippen molar-refractivity contribution >= 4 is 34.2 Å². The van der Waals surface area contributed by atoms with Crippen molar-refractivity contribution in [2.24, 2.45) is 0 Å². The molecule has 4 N–H and O–H groups in total. The zero-order chi connectivity index (χ0) is 19.3. The summed E-state index contributed by atoms with van der Waals surface area (Å²) in [5.74, 6) is 2.12. The van der Waals surface area contributed by atoms with Gasteiger partial charge in [0.1, 0.15) is 5.82 Å². The quantitative estimate of drug-likeness (QED) is 0.444. The highest BCUT2D eigenvalue weighted by Crippen LogP contribution is 2.23. The minimum absolute atomic E-state index is 0.336. The molecule has 0 saturated carbocycles. The summed E-state index contributed by atoms with van der Waals surface area (Å²) < 4.78 is 0. The van der Waals surface area contributed by atoms with Crippen molar-refractivity contribution in [1.29, 1.82) is 0 Å². The van der Waals surface area contributed by atoms with E-state index >= 15 is 0 Å². The Bertz CT molecular complexity index is 1080. The SMILES string of the molecule is CNN(Cc1ccc2ncccc2c1)c1nc(Nc2ccccn2)cnc1N. The lowest BCUT2D eigenvalue weighted by molar-refractivity contribution is 0.690. The Labute approximate surface area is 162 Å². The lowest BCUT2D eigenvalue weighted by Crippen LogP contribution is -2.36. The van der Waals surface area contributed by atoms with Crippen LogP contribution in [0.25, 0.3) is 10.9 Å². The predicted octanol–water partition coefficient (Wildman–Crippen LogP) is 2.89. The molecule has 3 aromatic heterocycles. The number of fused-ring (bicyclic) bond motifs is 1. The van der Waals surface area contributed by atoms with Gasteiger partial charge >= 0.3 is 0 Å². The first-order valence-electron chi connectivity index (χ1n) is 8.82. The smallest absolute Gasteiger partial charge is 0.188 e. The fourth-order valence-electron chi connectivity index (χ4n) is 2.88. The van der Waals surface area contributed by atoms with Crippen molar-refractivity contribution in [2.45, 2.75) is 6.54 Å². The molecule has 0 amide bonds. The van der Waals surface area contributed by atoms with E-state index in [0.29, 0.717) is 29.8 Å². The molecular formula is C20H20N8. The fraction of sp³-hybridized carbons (Fsp3) is 0.100. The van der Waals surface area contributed by atoms with Gasteiger partial charge < -0.3 is 11.1 Å². The Morgan fingerprint density at radius 2 is 1.86 bits per heavy atom. The second kappa shape index (κ2) is 7.85. The second-order valence-corrected chi connectivity index (χ2v) is 6.14. The van der Waals surface area contributed by atoms with Gasteiger partial charge in [-0.1, -0.05) is 18.2 Å². The first-order valence-corrected chi connectivity index (χ1v) is 8.82. The van der Waals surface area contributed by atoms with Gasteiger partial charge in [0, 0.05) is 24.8 Å². The van der Waals surface area contributed by atoms with E-state index in [2.05, 4.69) is 36.7 Å². The largest absolute Gasteiger partial charge is 0.381 e. The highest BCUT2D eigenvalue weighted by atomic mass is 15.5. The van der Waals surface area contributed by atoms with E-state index in [4.69, 9.17) is 5.73 Å². The van der Waals surface area contributed by atoms with Gasteiger partial charge in [-0.05, 0) is 35.9 Å². The lowest BCUT2D eigenvalue weighted by Gasteiger charge is -2.24. The number of hydrazine groups is 1. The average molecular weight is 372 g/mol. The highest BCUT2D eigenvalue weighted by molar-refractivity contribution is 5.79. The molecule has 0 aliphatic rings. The number of hydrogen-bond acceptors (Lipinski definition) is 8. The molecule has 0 unspecified atom stereocenters. The second-order valence-electron chi connectivity index (χ2n) is 6.14. The van der Waals surface area contributed by atoms with Crippen LogP contribution in [-0.4, -0.2) is 27.0 Å². The van der Waals surface area contributed by atoms with E-state index in [0.717, 1.165) is 16.5 Å². The number of hydrogen-bond donors (Lipinski definition) is 3. The summed E-state index contributed by atoms with van der Waals surface area (Å²) in [5.41, 5.74) is 11.3. The van der Waals surface area contributed by atoms with E-state index in [1.54, 1.807) is 18.6 Å². The number of anilines is 4. The van der Waals surface area contributed by atoms with Crippen LogP contribution in [0.2, 0.25) is 0 Å². The fourth-order valence-corrected chi connectivity index (χ4v) is 2.88. The Balaban J connectivity index is 1.60. The molecule has 0 bridgehead atoms. The van der Waals surface area contributed by atoms with Gasteiger partial charge in [-0.2, -0.15) is 0 Å². The number of aromatic nitrogens is 4. The molecular weight excluding hydrogens is 352 g/mol. The standard InChI is InChI=1S/C20H20N8/c1-22-28(13-14-7-8-16-15(11-14)5-4-10-23-16)20-19(21)25-12-18(27-20)26-17-6-2-3-9-24-17/h2-12,22H,13H2,1H3,(H2,21,25)(H,24,26,27). The van der Waals surface area contributed by atoms with Crippen molar-refractivity contribution in [3.63, 3.8) is 0 Å². The average Bonchev–Trinajstić information content (AvgIpc) is 2.74. The summed E-state index contributed by atoms with van der Waals surface area (Å²) in [6, 6.07) is 15.7. The van der Waals surface area contributed by atoms with Crippen molar-refractivity contribution in [3.8, 4) is 0 Å². The summed E-state index contributed by atoms with van der Waals surface area (Å²) in [4.78, 5) is 17.5. The van der Waals surface area contributed by atoms with Crippen molar-refractivity contribution in [2.75, 3.05) is 23.1 Å². The van der Waals surface area contributed by atoms with Crippen molar-refractivity contribution < 1.29 is 0 Å². The number of pyridine rings is 2. The molecule has 1 aromatic carbocycles. The maximum atomic E-state index is 6.09. The van der Waals surface area contributed by atoms with Gasteiger partial charge in [-0.25, -0.2) is 20.4 Å². The van der Waals surface area contributed by atoms with Crippen LogP contribution in [0.4, 0.5) is 23.3 Å². The molecule has 0 saturated heterocycles. The molecule has 8 heteroatoms. The third-order valence-corrected chi connectivity index (χ3v) is 4.24. The molecule has 0 spiro atoms. The maximum Gasteiger partial charge on any atom is 0.188 e. The molecule has 0 radical (unpaired) electrons. The summed E-state index contributed by atoms with van der Waals surface area (Å²) in [6.07, 6.45) is 5.09. The number of nitrogen functional groups attached to an aromatic ring is 1. The van der Waals surface area contributed by atoms with E-state index < -0.39 is 0 Å². The van der Waals surface area contributed by atoms with Crippen LogP contribution in [-0.2, 0) is 6.54 Å². The lowest BCUT2D eigenvalue weighted by atomic mass is 10.1. The van der Waals surface area contributed by atoms with Crippen LogP contribution in [0.15, 0.2) is 67.1 Å². The first kappa shape index (κ1) is 17.6. The van der Waals surface area contributed by atoms with Crippen LogP contribution < -0.4 is 21.5 Å². The summed E-state index contributed by atoms with van der Waals surface area (Å²) in [5, 5.41) is 6.07. The third kappa shape index (κ3) is 3.81. The summed E-state index contributed by atoms with van der Waals surface area (Å²) >= 11 is 0. The third-order valence-electron chi connectivity index (χ3n) is 4.24. The van der Waals surface area contributed by atoms with Gasteiger partial charge in [0.25, 0.3) is 0 Å². The molecule has 0 aliphatic carbocycles. The summed E-state index contributed by atoms with van der Waals surface area (Å²) in [7, 11) is 1.82. The first-order chi connectivity index (χ1) is 13.7. The molecule has 140 valence electrons. The van der Waals surface area contributed by atoms with Crippen LogP contribution >= 0.6 is 0 Å². The van der Waals surface area contributed by atoms with Crippen LogP contribution in [0.3, 0.4) is 0 Å². The molecule has 0 fully saturated rings. The van der Waals surface area contributed by atoms with E-state index in [1.165, 1.54) is 0 Å². The monoisotopic (exact) mass is 372 g/mol. The zero-order valence-electron chi connectivity index (χ0n) is 15.4. The van der Waals surface area contributed by atoms with E-state index in [1.807, 2.05) is 54.5 Å². The zero-order valence-corrected chi connectivity index (χ0v) is 15.4. The minimum Gasteiger partial charge on any atom is -0.381 e. The molecule has 0 aliphatic heterocycles. The van der Waals surface area contributed by atoms with Crippen LogP contribution in [0, 0.1) is 0 Å². The molecule has 28 heavy (non-hydrogen) atoms.